The Kier molecular flexibility index (Phi) is 6.93. The number of aromatic nitrogens is 2. The van der Waals surface area contributed by atoms with Gasteiger partial charge in [-0.25, -0.2) is 0 Å². The summed E-state index contributed by atoms with van der Waals surface area (Å²) in [6.07, 6.45) is 4.01. The van der Waals surface area contributed by atoms with Crippen molar-refractivity contribution >= 4 is 23.2 Å². The molecule has 0 amide bonds. The number of rotatable bonds is 8. The van der Waals surface area contributed by atoms with Crippen molar-refractivity contribution in [2.45, 2.75) is 64.5 Å². The zero-order valence-corrected chi connectivity index (χ0v) is 20.0. The molecular weight excluding hydrogens is 418 g/mol. The molecule has 3 N–H and O–H groups in total. The van der Waals surface area contributed by atoms with E-state index in [-0.39, 0.29) is 24.3 Å². The predicted octanol–water partition coefficient (Wildman–Crippen LogP) is 4.51. The van der Waals surface area contributed by atoms with Crippen LogP contribution in [0.25, 0.3) is 22.0 Å². The molecule has 3 aromatic rings. The van der Waals surface area contributed by atoms with Gasteiger partial charge in [0.2, 0.25) is 0 Å². The zero-order valence-electron chi connectivity index (χ0n) is 20.0. The van der Waals surface area contributed by atoms with Crippen LogP contribution in [0.2, 0.25) is 0 Å². The van der Waals surface area contributed by atoms with Crippen LogP contribution in [0.4, 0.5) is 0 Å². The fourth-order valence-electron chi connectivity index (χ4n) is 3.87. The van der Waals surface area contributed by atoms with Gasteiger partial charge in [0.15, 0.2) is 0 Å². The minimum absolute atomic E-state index is 0.0985. The van der Waals surface area contributed by atoms with Crippen molar-refractivity contribution < 1.29 is 19.4 Å². The Balaban J connectivity index is 1.96. The monoisotopic (exact) mass is 451 g/mol. The number of phenols is 1. The van der Waals surface area contributed by atoms with Crippen LogP contribution in [-0.2, 0) is 19.7 Å². The molecule has 0 aliphatic heterocycles. The molecule has 2 aromatic carbocycles. The molecule has 176 valence electrons. The van der Waals surface area contributed by atoms with Crippen molar-refractivity contribution in [2.24, 2.45) is 5.73 Å². The lowest BCUT2D eigenvalue weighted by molar-refractivity contribution is -0.161. The third-order valence-corrected chi connectivity index (χ3v) is 5.90. The average Bonchev–Trinajstić information content (AvgIpc) is 3.21. The van der Waals surface area contributed by atoms with Crippen LogP contribution in [0, 0.1) is 0 Å². The number of fused-ring (bicyclic) bond motifs is 1. The number of phenolic OH excluding ortho intramolecular Hbond substituents is 1. The molecule has 1 aromatic heterocycles. The first-order chi connectivity index (χ1) is 15.6. The fourth-order valence-corrected chi connectivity index (χ4v) is 3.87. The molecule has 0 saturated carbocycles. The number of nitrogens with two attached hydrogens (primary N) is 1. The van der Waals surface area contributed by atoms with Gasteiger partial charge in [0.05, 0.1) is 17.1 Å². The topological polar surface area (TPSA) is 107 Å². The maximum Gasteiger partial charge on any atom is 0.318 e. The Morgan fingerprint density at radius 2 is 1.85 bits per heavy atom. The van der Waals surface area contributed by atoms with Gasteiger partial charge in [-0.1, -0.05) is 37.6 Å². The number of hydrogen-bond acceptors (Lipinski definition) is 6. The van der Waals surface area contributed by atoms with Crippen LogP contribution in [0.1, 0.15) is 59.1 Å². The first kappa shape index (κ1) is 24.5. The first-order valence-corrected chi connectivity index (χ1v) is 11.2. The second-order valence-electron chi connectivity index (χ2n) is 9.59. The van der Waals surface area contributed by atoms with Crippen molar-refractivity contribution in [3.8, 4) is 16.9 Å². The number of ether oxygens (including phenoxy) is 1. The van der Waals surface area contributed by atoms with E-state index in [1.54, 1.807) is 17.8 Å². The second kappa shape index (κ2) is 9.35. The zero-order chi connectivity index (χ0) is 24.4. The van der Waals surface area contributed by atoms with Gasteiger partial charge < -0.3 is 20.4 Å². The van der Waals surface area contributed by atoms with E-state index in [0.717, 1.165) is 23.8 Å². The highest BCUT2D eigenvalue weighted by atomic mass is 16.6. The summed E-state index contributed by atoms with van der Waals surface area (Å²) in [4.78, 5) is 24.3. The Labute approximate surface area is 194 Å². The van der Waals surface area contributed by atoms with Crippen LogP contribution in [-0.4, -0.2) is 39.3 Å². The number of carbonyl (C=O) groups excluding carboxylic acids is 2. The number of benzene rings is 2. The van der Waals surface area contributed by atoms with Crippen molar-refractivity contribution in [1.29, 1.82) is 0 Å². The summed E-state index contributed by atoms with van der Waals surface area (Å²) in [5.41, 5.74) is 7.26. The van der Waals surface area contributed by atoms with Crippen LogP contribution < -0.4 is 5.73 Å². The average molecular weight is 452 g/mol. The van der Waals surface area contributed by atoms with Crippen molar-refractivity contribution in [3.63, 3.8) is 0 Å². The maximum absolute atomic E-state index is 12.8. The largest absolute Gasteiger partial charge is 0.507 e. The SMILES string of the molecule is CCCC(C=O)n1ncc2c(O)c(-c3ccc(C(C)(CN)C(=O)OC(C)(C)C)cc3)ccc21. The molecular formula is C26H33N3O4. The molecule has 2 unspecified atom stereocenters. The summed E-state index contributed by atoms with van der Waals surface area (Å²) in [5, 5.41) is 15.9. The van der Waals surface area contributed by atoms with Gasteiger partial charge in [-0.2, -0.15) is 5.10 Å². The van der Waals surface area contributed by atoms with Gasteiger partial charge in [-0.3, -0.25) is 9.48 Å². The van der Waals surface area contributed by atoms with E-state index in [4.69, 9.17) is 10.5 Å². The van der Waals surface area contributed by atoms with Gasteiger partial charge in [0.1, 0.15) is 29.1 Å². The number of carbonyl (C=O) groups is 2. The highest BCUT2D eigenvalue weighted by Crippen LogP contribution is 2.37. The van der Waals surface area contributed by atoms with E-state index >= 15 is 0 Å². The van der Waals surface area contributed by atoms with Gasteiger partial charge in [0, 0.05) is 12.1 Å². The van der Waals surface area contributed by atoms with E-state index in [0.29, 0.717) is 22.9 Å². The molecule has 2 atom stereocenters. The molecule has 33 heavy (non-hydrogen) atoms. The number of esters is 1. The van der Waals surface area contributed by atoms with Crippen molar-refractivity contribution in [3.05, 3.63) is 48.2 Å². The van der Waals surface area contributed by atoms with Crippen LogP contribution in [0.15, 0.2) is 42.6 Å². The van der Waals surface area contributed by atoms with E-state index in [2.05, 4.69) is 5.10 Å². The fraction of sp³-hybridized carbons (Fsp3) is 0.423. The van der Waals surface area contributed by atoms with E-state index in [1.165, 1.54) is 0 Å². The van der Waals surface area contributed by atoms with E-state index in [1.807, 2.05) is 64.1 Å². The van der Waals surface area contributed by atoms with Crippen LogP contribution in [0.5, 0.6) is 5.75 Å². The third-order valence-electron chi connectivity index (χ3n) is 5.90. The summed E-state index contributed by atoms with van der Waals surface area (Å²) >= 11 is 0. The van der Waals surface area contributed by atoms with Gasteiger partial charge >= 0.3 is 5.97 Å². The molecule has 0 aliphatic carbocycles. The lowest BCUT2D eigenvalue weighted by atomic mass is 9.81. The third kappa shape index (κ3) is 4.78. The van der Waals surface area contributed by atoms with Gasteiger partial charge in [-0.15, -0.1) is 0 Å². The molecule has 0 aliphatic rings. The smallest absolute Gasteiger partial charge is 0.318 e. The molecule has 7 heteroatoms. The highest BCUT2D eigenvalue weighted by molar-refractivity contribution is 5.93. The molecule has 0 bridgehead atoms. The number of nitrogens with zero attached hydrogens (tertiary/aromatic N) is 2. The number of aromatic hydroxyl groups is 1. The summed E-state index contributed by atoms with van der Waals surface area (Å²) in [7, 11) is 0. The van der Waals surface area contributed by atoms with Gasteiger partial charge in [0.25, 0.3) is 0 Å². The van der Waals surface area contributed by atoms with Crippen LogP contribution in [0.3, 0.4) is 0 Å². The molecule has 0 radical (unpaired) electrons. The quantitative estimate of drug-likeness (QED) is 0.385. The Morgan fingerprint density at radius 1 is 1.18 bits per heavy atom. The van der Waals surface area contributed by atoms with Crippen molar-refractivity contribution in [1.82, 2.24) is 9.78 Å². The minimum Gasteiger partial charge on any atom is -0.507 e. The molecule has 0 spiro atoms. The second-order valence-corrected chi connectivity index (χ2v) is 9.59. The van der Waals surface area contributed by atoms with Crippen LogP contribution >= 0.6 is 0 Å². The number of hydrogen-bond donors (Lipinski definition) is 2. The summed E-state index contributed by atoms with van der Waals surface area (Å²) in [6.45, 7) is 9.36. The Morgan fingerprint density at radius 3 is 2.39 bits per heavy atom. The molecule has 1 heterocycles. The summed E-state index contributed by atoms with van der Waals surface area (Å²) < 4.78 is 7.24. The Hall–Kier alpha value is -3.19. The van der Waals surface area contributed by atoms with E-state index < -0.39 is 11.0 Å². The van der Waals surface area contributed by atoms with Gasteiger partial charge in [-0.05, 0) is 57.4 Å². The molecule has 0 saturated heterocycles. The lowest BCUT2D eigenvalue weighted by Gasteiger charge is -2.31. The van der Waals surface area contributed by atoms with E-state index in [9.17, 15) is 14.7 Å². The minimum atomic E-state index is -0.984. The van der Waals surface area contributed by atoms with Crippen molar-refractivity contribution in [2.75, 3.05) is 6.54 Å². The standard InChI is InChI=1S/C26H33N3O4/c1-6-7-19(15-30)29-22-13-12-20(23(31)21(22)14-28-29)17-8-10-18(11-9-17)26(5,16-27)24(32)33-25(2,3)4/h8-15,19,31H,6-7,16,27H2,1-5H3. The normalized spacial score (nSPS) is 14.6. The highest BCUT2D eigenvalue weighted by Gasteiger charge is 2.37. The molecule has 0 fully saturated rings. The molecule has 7 nitrogen and oxygen atoms in total. The first-order valence-electron chi connectivity index (χ1n) is 11.2. The maximum atomic E-state index is 12.8. The summed E-state index contributed by atoms with van der Waals surface area (Å²) in [5.74, 6) is -0.278. The number of aldehydes is 1. The molecule has 3 rings (SSSR count). The lowest BCUT2D eigenvalue weighted by Crippen LogP contribution is -2.44. The Bertz CT molecular complexity index is 1140. The predicted molar refractivity (Wildman–Crippen MR) is 129 cm³/mol. The summed E-state index contributed by atoms with van der Waals surface area (Å²) in [6, 6.07) is 10.7.